The van der Waals surface area contributed by atoms with Crippen LogP contribution in [0.4, 0.5) is 0 Å². The lowest BCUT2D eigenvalue weighted by atomic mass is 10.1. The molecule has 0 unspecified atom stereocenters. The van der Waals surface area contributed by atoms with E-state index >= 15 is 0 Å². The summed E-state index contributed by atoms with van der Waals surface area (Å²) < 4.78 is 9.95. The Balaban J connectivity index is 1.07. The fourth-order valence-corrected chi connectivity index (χ4v) is 11.7. The summed E-state index contributed by atoms with van der Waals surface area (Å²) in [7, 11) is 0. The van der Waals surface area contributed by atoms with Crippen LogP contribution in [-0.4, -0.2) is 18.7 Å². The van der Waals surface area contributed by atoms with Crippen molar-refractivity contribution in [2.24, 2.45) is 0 Å². The second-order valence-corrected chi connectivity index (χ2v) is 17.3. The first kappa shape index (κ1) is 32.8. The van der Waals surface area contributed by atoms with Crippen molar-refractivity contribution < 1.29 is 0 Å². The first-order valence-corrected chi connectivity index (χ1v) is 21.5. The summed E-state index contributed by atoms with van der Waals surface area (Å²) in [6, 6.07) is 68.6. The zero-order valence-electron chi connectivity index (χ0n) is 31.6. The molecule has 0 aliphatic heterocycles. The van der Waals surface area contributed by atoms with Crippen LogP contribution in [0.15, 0.2) is 194 Å². The minimum absolute atomic E-state index is 1.00. The van der Waals surface area contributed by atoms with E-state index in [9.17, 15) is 0 Å². The van der Waals surface area contributed by atoms with Gasteiger partial charge in [0.1, 0.15) is 0 Å². The lowest BCUT2D eigenvalue weighted by molar-refractivity contribution is 1.17. The Hall–Kier alpha value is -7.25. The number of hydrogen-bond acceptors (Lipinski definition) is 3. The summed E-state index contributed by atoms with van der Waals surface area (Å²) in [5.74, 6) is 0. The van der Waals surface area contributed by atoms with E-state index in [2.05, 4.69) is 201 Å². The van der Waals surface area contributed by atoms with Gasteiger partial charge >= 0.3 is 0 Å². The third kappa shape index (κ3) is 4.91. The number of aromatic nitrogens is 4. The van der Waals surface area contributed by atoms with Crippen LogP contribution in [0.1, 0.15) is 0 Å². The largest absolute Gasteiger partial charge is 0.309 e. The van der Waals surface area contributed by atoms with Crippen LogP contribution in [0.25, 0.3) is 113 Å². The van der Waals surface area contributed by atoms with Crippen LogP contribution in [0.5, 0.6) is 0 Å². The lowest BCUT2D eigenvalue weighted by Crippen LogP contribution is -1.94. The Morgan fingerprint density at radius 2 is 0.898 bits per heavy atom. The van der Waals surface area contributed by atoms with Crippen LogP contribution in [0.3, 0.4) is 0 Å². The van der Waals surface area contributed by atoms with Crippen molar-refractivity contribution in [3.63, 3.8) is 0 Å². The zero-order chi connectivity index (χ0) is 38.6. The molecule has 0 amide bonds. The summed E-state index contributed by atoms with van der Waals surface area (Å²) in [4.78, 5) is 7.15. The lowest BCUT2D eigenvalue weighted by Gasteiger charge is -2.09. The van der Waals surface area contributed by atoms with Gasteiger partial charge in [0.15, 0.2) is 0 Å². The summed E-state index contributed by atoms with van der Waals surface area (Å²) in [6.45, 7) is 0. The van der Waals surface area contributed by atoms with E-state index in [0.29, 0.717) is 0 Å². The van der Waals surface area contributed by atoms with Crippen LogP contribution >= 0.6 is 22.7 Å². The molecule has 0 aliphatic carbocycles. The molecule has 0 N–H and O–H groups in total. The number of fused-ring (bicyclic) bond motifs is 10. The number of nitrogens with zero attached hydrogens (tertiary/aromatic N) is 4. The maximum atomic E-state index is 4.62. The summed E-state index contributed by atoms with van der Waals surface area (Å²) >= 11 is 3.78. The van der Waals surface area contributed by atoms with Crippen molar-refractivity contribution in [1.82, 2.24) is 18.7 Å². The Labute approximate surface area is 346 Å². The maximum Gasteiger partial charge on any atom is 0.0711 e. The molecule has 6 heterocycles. The average Bonchev–Trinajstić information content (AvgIpc) is 4.11. The predicted molar refractivity (Wildman–Crippen MR) is 251 cm³/mol. The second kappa shape index (κ2) is 12.6. The normalized spacial score (nSPS) is 12.1. The molecule has 13 rings (SSSR count). The van der Waals surface area contributed by atoms with E-state index < -0.39 is 0 Å². The van der Waals surface area contributed by atoms with Gasteiger partial charge in [-0.15, -0.1) is 22.7 Å². The number of thiophene rings is 2. The first-order chi connectivity index (χ1) is 29.2. The summed E-state index contributed by atoms with van der Waals surface area (Å²) in [6.07, 6.45) is 1.86. The molecule has 6 aromatic heterocycles. The van der Waals surface area contributed by atoms with Crippen molar-refractivity contribution in [2.75, 3.05) is 0 Å². The van der Waals surface area contributed by atoms with Gasteiger partial charge in [0, 0.05) is 59.9 Å². The van der Waals surface area contributed by atoms with Gasteiger partial charge in [-0.3, -0.25) is 4.98 Å². The molecule has 0 fully saturated rings. The summed E-state index contributed by atoms with van der Waals surface area (Å²) in [5.41, 5.74) is 14.2. The van der Waals surface area contributed by atoms with Gasteiger partial charge in [0.2, 0.25) is 0 Å². The van der Waals surface area contributed by atoms with Crippen molar-refractivity contribution in [1.29, 1.82) is 0 Å². The minimum atomic E-state index is 1.00. The highest BCUT2D eigenvalue weighted by atomic mass is 32.1. The Morgan fingerprint density at radius 1 is 0.339 bits per heavy atom. The third-order valence-corrected chi connectivity index (χ3v) is 14.4. The topological polar surface area (TPSA) is 27.7 Å². The smallest absolute Gasteiger partial charge is 0.0711 e. The SMILES string of the molecule is c1ccc(-c2cc3c(s2)c2sc(-c4ccc5c(c4)c4cc6c(cc4n5-c4ccccc4)c4ccccc4n6-c4ccccc4)cc2n3-c2ccc3ncccc3c2)cc1. The van der Waals surface area contributed by atoms with E-state index in [1.807, 2.05) is 34.9 Å². The molecule has 276 valence electrons. The third-order valence-electron chi connectivity index (χ3n) is 11.9. The monoisotopic (exact) mass is 788 g/mol. The highest BCUT2D eigenvalue weighted by Gasteiger charge is 2.22. The van der Waals surface area contributed by atoms with E-state index in [1.54, 1.807) is 0 Å². The summed E-state index contributed by atoms with van der Waals surface area (Å²) in [5, 5.41) is 6.11. The molecule has 0 spiro atoms. The molecule has 7 aromatic carbocycles. The van der Waals surface area contributed by atoms with E-state index in [-0.39, 0.29) is 0 Å². The van der Waals surface area contributed by atoms with Gasteiger partial charge in [0.05, 0.1) is 48.0 Å². The highest BCUT2D eigenvalue weighted by molar-refractivity contribution is 7.30. The van der Waals surface area contributed by atoms with Crippen LogP contribution < -0.4 is 0 Å². The molecule has 0 aliphatic rings. The zero-order valence-corrected chi connectivity index (χ0v) is 33.2. The van der Waals surface area contributed by atoms with Crippen LogP contribution in [0.2, 0.25) is 0 Å². The minimum Gasteiger partial charge on any atom is -0.309 e. The van der Waals surface area contributed by atoms with Crippen molar-refractivity contribution >= 4 is 97.6 Å². The molecule has 59 heavy (non-hydrogen) atoms. The van der Waals surface area contributed by atoms with Gasteiger partial charge in [-0.05, 0) is 102 Å². The fourth-order valence-electron chi connectivity index (χ4n) is 9.26. The number of pyridine rings is 1. The number of benzene rings is 7. The van der Waals surface area contributed by atoms with Gasteiger partial charge in [-0.1, -0.05) is 97.1 Å². The predicted octanol–water partition coefficient (Wildman–Crippen LogP) is 15.0. The van der Waals surface area contributed by atoms with Gasteiger partial charge < -0.3 is 13.7 Å². The standard InChI is InChI=1S/C53H32N4S2/c1-4-13-33(14-5-1)50-31-48-52(58-50)53-49(57(48)38-23-24-43-34(27-38)15-12-26-54-43)32-51(59-53)35-22-25-45-40(28-35)42-30-46-41(29-47(42)56(45)37-18-8-3-9-19-37)39-20-10-11-21-44(39)55(46)36-16-6-2-7-17-36/h1-32H. The van der Waals surface area contributed by atoms with Gasteiger partial charge in [-0.2, -0.15) is 0 Å². The van der Waals surface area contributed by atoms with Gasteiger partial charge in [0.25, 0.3) is 0 Å². The highest BCUT2D eigenvalue weighted by Crippen LogP contribution is 2.48. The molecule has 0 atom stereocenters. The van der Waals surface area contributed by atoms with E-state index in [4.69, 9.17) is 0 Å². The molecular weight excluding hydrogens is 757 g/mol. The Kier molecular flexibility index (Phi) is 7.02. The van der Waals surface area contributed by atoms with Crippen LogP contribution in [-0.2, 0) is 0 Å². The van der Waals surface area contributed by atoms with Crippen LogP contribution in [0, 0.1) is 0 Å². The van der Waals surface area contributed by atoms with Crippen molar-refractivity contribution in [3.8, 4) is 37.9 Å². The molecule has 6 heteroatoms. The van der Waals surface area contributed by atoms with Gasteiger partial charge in [-0.25, -0.2) is 0 Å². The van der Waals surface area contributed by atoms with E-state index in [0.717, 1.165) is 28.0 Å². The van der Waals surface area contributed by atoms with Crippen molar-refractivity contribution in [2.45, 2.75) is 0 Å². The number of rotatable bonds is 5. The molecule has 0 bridgehead atoms. The van der Waals surface area contributed by atoms with E-state index in [1.165, 1.54) is 84.9 Å². The molecule has 13 aromatic rings. The molecule has 0 saturated heterocycles. The molecule has 4 nitrogen and oxygen atoms in total. The number of para-hydroxylation sites is 3. The van der Waals surface area contributed by atoms with Crippen molar-refractivity contribution in [3.05, 3.63) is 194 Å². The Morgan fingerprint density at radius 3 is 1.59 bits per heavy atom. The Bertz CT molecular complexity index is 3770. The maximum absolute atomic E-state index is 4.62. The first-order valence-electron chi connectivity index (χ1n) is 19.9. The fraction of sp³-hybridized carbons (Fsp3) is 0. The average molecular weight is 789 g/mol. The molecular formula is C53H32N4S2. The second-order valence-electron chi connectivity index (χ2n) is 15.2. The molecule has 0 radical (unpaired) electrons. The number of hydrogen-bond donors (Lipinski definition) is 0. The quantitative estimate of drug-likeness (QED) is 0.171. The molecule has 0 saturated carbocycles.